The number of benzene rings is 2. The van der Waals surface area contributed by atoms with Crippen molar-refractivity contribution in [2.24, 2.45) is 0 Å². The number of esters is 1. The lowest BCUT2D eigenvalue weighted by molar-refractivity contribution is 0.0473. The summed E-state index contributed by atoms with van der Waals surface area (Å²) < 4.78 is 5.36. The highest BCUT2D eigenvalue weighted by atomic mass is 35.5. The van der Waals surface area contributed by atoms with Gasteiger partial charge < -0.3 is 9.55 Å². The Labute approximate surface area is 146 Å². The number of anilines is 1. The third kappa shape index (κ3) is 3.72. The molecule has 2 aromatic carbocycles. The molecule has 1 aliphatic heterocycles. The van der Waals surface area contributed by atoms with Gasteiger partial charge in [0.2, 0.25) is 0 Å². The summed E-state index contributed by atoms with van der Waals surface area (Å²) in [6.45, 7) is 0.914. The van der Waals surface area contributed by atoms with Crippen LogP contribution < -0.4 is 4.81 Å². The zero-order chi connectivity index (χ0) is 16.9. The fraction of sp³-hybridized carbons (Fsp3) is 0.222. The second kappa shape index (κ2) is 7.42. The molecule has 120 valence electrons. The minimum Gasteiger partial charge on any atom is -0.457 e. The molecular formula is C18H16BClN2O2. The smallest absolute Gasteiger partial charge is 0.378 e. The number of carbonyl (C=O) groups excluding carboxylic acids is 1. The number of halogens is 1. The van der Waals surface area contributed by atoms with Gasteiger partial charge in [0, 0.05) is 23.2 Å². The molecule has 0 unspecified atom stereocenters. The minimum absolute atomic E-state index is 0.120. The zero-order valence-corrected chi connectivity index (χ0v) is 13.9. The summed E-state index contributed by atoms with van der Waals surface area (Å²) in [6, 6.07) is 14.4. The Kier molecular flexibility index (Phi) is 5.07. The zero-order valence-electron chi connectivity index (χ0n) is 13.1. The number of carbonyl (C=O) groups is 1. The van der Waals surface area contributed by atoms with Gasteiger partial charge in [0.1, 0.15) is 6.61 Å². The largest absolute Gasteiger partial charge is 0.457 e. The molecule has 0 N–H and O–H groups in total. The standard InChI is InChI=1S/C18H16BClN2O2/c20-16-7-5-14(6-8-16)12-24-18(23)15-3-1-4-17(11-15)22-10-2-9-19(22)13-21/h1,3-8,11H,2,9-10,12H2. The Morgan fingerprint density at radius 1 is 1.29 bits per heavy atom. The van der Waals surface area contributed by atoms with Crippen LogP contribution in [0.1, 0.15) is 22.3 Å². The molecule has 0 aromatic heterocycles. The van der Waals surface area contributed by atoms with Crippen LogP contribution in [0, 0.1) is 11.2 Å². The van der Waals surface area contributed by atoms with E-state index in [1.54, 1.807) is 24.3 Å². The molecule has 1 fully saturated rings. The number of nitrogens with zero attached hydrogens (tertiary/aromatic N) is 2. The molecule has 2 aromatic rings. The number of nitriles is 1. The summed E-state index contributed by atoms with van der Waals surface area (Å²) in [5, 5.41) is 9.86. The van der Waals surface area contributed by atoms with Gasteiger partial charge in [0.15, 0.2) is 0 Å². The van der Waals surface area contributed by atoms with Crippen molar-refractivity contribution in [3.05, 3.63) is 64.7 Å². The lowest BCUT2D eigenvalue weighted by Gasteiger charge is -2.20. The molecule has 0 amide bonds. The van der Waals surface area contributed by atoms with Crippen LogP contribution in [0.3, 0.4) is 0 Å². The molecule has 0 atom stereocenters. The molecule has 1 heterocycles. The van der Waals surface area contributed by atoms with Crippen molar-refractivity contribution >= 4 is 30.1 Å². The monoisotopic (exact) mass is 338 g/mol. The van der Waals surface area contributed by atoms with E-state index in [0.717, 1.165) is 30.5 Å². The first-order valence-corrected chi connectivity index (χ1v) is 8.23. The summed E-state index contributed by atoms with van der Waals surface area (Å²) in [5.41, 5.74) is 2.26. The molecule has 0 radical (unpaired) electrons. The second-order valence-electron chi connectivity index (χ2n) is 5.73. The summed E-state index contributed by atoms with van der Waals surface area (Å²) in [5.74, 6) is 1.94. The van der Waals surface area contributed by atoms with Gasteiger partial charge in [0.05, 0.1) is 5.56 Å². The van der Waals surface area contributed by atoms with Crippen LogP contribution in [0.5, 0.6) is 0 Å². The lowest BCUT2D eigenvalue weighted by atomic mass is 9.61. The highest BCUT2D eigenvalue weighted by Gasteiger charge is 2.29. The summed E-state index contributed by atoms with van der Waals surface area (Å²) in [6.07, 6.45) is 1.85. The Morgan fingerprint density at radius 2 is 2.08 bits per heavy atom. The van der Waals surface area contributed by atoms with E-state index < -0.39 is 0 Å². The third-order valence-corrected chi connectivity index (χ3v) is 4.35. The summed E-state index contributed by atoms with van der Waals surface area (Å²) in [7, 11) is 0. The van der Waals surface area contributed by atoms with Crippen molar-refractivity contribution in [3.8, 4) is 5.97 Å². The Balaban J connectivity index is 1.68. The van der Waals surface area contributed by atoms with Crippen LogP contribution >= 0.6 is 11.6 Å². The minimum atomic E-state index is -0.375. The first-order valence-electron chi connectivity index (χ1n) is 7.85. The number of hydrogen-bond donors (Lipinski definition) is 0. The van der Waals surface area contributed by atoms with Crippen molar-refractivity contribution in [3.63, 3.8) is 0 Å². The molecule has 0 saturated carbocycles. The van der Waals surface area contributed by atoms with Crippen LogP contribution in [0.15, 0.2) is 48.5 Å². The van der Waals surface area contributed by atoms with E-state index in [1.165, 1.54) is 0 Å². The topological polar surface area (TPSA) is 53.3 Å². The van der Waals surface area contributed by atoms with Crippen LogP contribution in [0.2, 0.25) is 11.3 Å². The van der Waals surface area contributed by atoms with Crippen LogP contribution in [0.4, 0.5) is 5.69 Å². The average molecular weight is 339 g/mol. The summed E-state index contributed by atoms with van der Waals surface area (Å²) in [4.78, 5) is 14.3. The van der Waals surface area contributed by atoms with E-state index in [4.69, 9.17) is 16.3 Å². The van der Waals surface area contributed by atoms with Gasteiger partial charge in [-0.1, -0.05) is 29.8 Å². The Bertz CT molecular complexity index is 773. The van der Waals surface area contributed by atoms with Crippen molar-refractivity contribution in [1.82, 2.24) is 0 Å². The lowest BCUT2D eigenvalue weighted by Crippen LogP contribution is -2.32. The molecular weight excluding hydrogens is 322 g/mol. The molecule has 0 aliphatic carbocycles. The van der Waals surface area contributed by atoms with Crippen molar-refractivity contribution in [2.45, 2.75) is 19.3 Å². The molecule has 3 rings (SSSR count). The van der Waals surface area contributed by atoms with Gasteiger partial charge >= 0.3 is 12.8 Å². The quantitative estimate of drug-likeness (QED) is 0.625. The van der Waals surface area contributed by atoms with Crippen molar-refractivity contribution in [2.75, 3.05) is 11.4 Å². The highest BCUT2D eigenvalue weighted by molar-refractivity contribution is 6.71. The van der Waals surface area contributed by atoms with Crippen molar-refractivity contribution < 1.29 is 9.53 Å². The van der Waals surface area contributed by atoms with Gasteiger partial charge in [-0.15, -0.1) is 0 Å². The maximum absolute atomic E-state index is 12.3. The Hall–Kier alpha value is -2.45. The van der Waals surface area contributed by atoms with Gasteiger partial charge in [0.25, 0.3) is 0 Å². The SMILES string of the molecule is N#CB1CCCN1c1cccc(C(=O)OCc2ccc(Cl)cc2)c1. The van der Waals surface area contributed by atoms with Gasteiger partial charge in [-0.3, -0.25) is 0 Å². The van der Waals surface area contributed by atoms with Crippen LogP contribution in [-0.4, -0.2) is 19.4 Å². The van der Waals surface area contributed by atoms with E-state index in [0.29, 0.717) is 10.6 Å². The van der Waals surface area contributed by atoms with Gasteiger partial charge in [-0.2, -0.15) is 0 Å². The number of ether oxygens (including phenoxy) is 1. The molecule has 1 aliphatic rings. The maximum Gasteiger partial charge on any atom is 0.378 e. The second-order valence-corrected chi connectivity index (χ2v) is 6.17. The van der Waals surface area contributed by atoms with Crippen molar-refractivity contribution in [1.29, 1.82) is 5.26 Å². The highest BCUT2D eigenvalue weighted by Crippen LogP contribution is 2.24. The first kappa shape index (κ1) is 16.4. The van der Waals surface area contributed by atoms with E-state index in [-0.39, 0.29) is 19.4 Å². The van der Waals surface area contributed by atoms with Crippen LogP contribution in [0.25, 0.3) is 0 Å². The summed E-state index contributed by atoms with van der Waals surface area (Å²) >= 11 is 5.84. The van der Waals surface area contributed by atoms with Crippen LogP contribution in [-0.2, 0) is 11.3 Å². The molecule has 0 spiro atoms. The van der Waals surface area contributed by atoms with E-state index in [2.05, 4.69) is 5.97 Å². The molecule has 1 saturated heterocycles. The van der Waals surface area contributed by atoms with Gasteiger partial charge in [-0.25, -0.2) is 10.1 Å². The fourth-order valence-electron chi connectivity index (χ4n) is 2.83. The fourth-order valence-corrected chi connectivity index (χ4v) is 2.96. The average Bonchev–Trinajstić information content (AvgIpc) is 3.10. The molecule has 0 bridgehead atoms. The van der Waals surface area contributed by atoms with E-state index >= 15 is 0 Å². The Morgan fingerprint density at radius 3 is 2.83 bits per heavy atom. The first-order chi connectivity index (χ1) is 11.7. The van der Waals surface area contributed by atoms with E-state index in [1.807, 2.05) is 29.1 Å². The van der Waals surface area contributed by atoms with E-state index in [9.17, 15) is 10.1 Å². The number of rotatable bonds is 4. The normalized spacial score (nSPS) is 13.7. The molecule has 24 heavy (non-hydrogen) atoms. The predicted octanol–water partition coefficient (Wildman–Crippen LogP) is 3.96. The molecule has 4 nitrogen and oxygen atoms in total. The maximum atomic E-state index is 12.3. The third-order valence-electron chi connectivity index (χ3n) is 4.10. The van der Waals surface area contributed by atoms with Gasteiger partial charge in [-0.05, 0) is 48.6 Å². The number of hydrogen-bond acceptors (Lipinski definition) is 4. The molecule has 6 heteroatoms. The predicted molar refractivity (Wildman–Crippen MR) is 95.2 cm³/mol.